The molecule has 0 spiro atoms. The summed E-state index contributed by atoms with van der Waals surface area (Å²) in [4.78, 5) is 8.58. The molecule has 0 aliphatic carbocycles. The fourth-order valence-electron chi connectivity index (χ4n) is 2.19. The molecule has 2 aromatic heterocycles. The predicted octanol–water partition coefficient (Wildman–Crippen LogP) is 1.75. The van der Waals surface area contributed by atoms with Crippen molar-refractivity contribution in [1.82, 2.24) is 19.1 Å². The summed E-state index contributed by atoms with van der Waals surface area (Å²) in [7, 11) is 1.95. The number of benzene rings is 1. The molecule has 2 heterocycles. The molecule has 3 rings (SSSR count). The summed E-state index contributed by atoms with van der Waals surface area (Å²) < 4.78 is 3.87. The molecule has 1 N–H and O–H groups in total. The lowest BCUT2D eigenvalue weighted by atomic mass is 10.1. The van der Waals surface area contributed by atoms with E-state index >= 15 is 0 Å². The van der Waals surface area contributed by atoms with E-state index in [2.05, 4.69) is 9.97 Å². The van der Waals surface area contributed by atoms with E-state index in [0.717, 1.165) is 11.4 Å². The van der Waals surface area contributed by atoms with E-state index in [0.29, 0.717) is 12.4 Å². The monoisotopic (exact) mass is 268 g/mol. The Kier molecular flexibility index (Phi) is 3.35. The number of aryl methyl sites for hydroxylation is 1. The number of aromatic nitrogens is 4. The van der Waals surface area contributed by atoms with Crippen LogP contribution in [0.15, 0.2) is 55.1 Å². The largest absolute Gasteiger partial charge is 0.380 e. The van der Waals surface area contributed by atoms with Crippen molar-refractivity contribution >= 4 is 0 Å². The summed E-state index contributed by atoms with van der Waals surface area (Å²) >= 11 is 0. The minimum absolute atomic E-state index is 0.586. The van der Waals surface area contributed by atoms with Crippen LogP contribution in [-0.2, 0) is 13.6 Å². The molecule has 5 heteroatoms. The summed E-state index contributed by atoms with van der Waals surface area (Å²) in [5, 5.41) is 10.4. The van der Waals surface area contributed by atoms with E-state index in [-0.39, 0.29) is 0 Å². The highest BCUT2D eigenvalue weighted by Crippen LogP contribution is 2.20. The number of rotatable bonds is 4. The normalized spacial score (nSPS) is 12.5. The van der Waals surface area contributed by atoms with Gasteiger partial charge in [-0.1, -0.05) is 30.3 Å². The molecule has 0 radical (unpaired) electrons. The van der Waals surface area contributed by atoms with E-state index in [1.54, 1.807) is 12.4 Å². The van der Waals surface area contributed by atoms with Crippen LogP contribution in [0.2, 0.25) is 0 Å². The van der Waals surface area contributed by atoms with Crippen molar-refractivity contribution < 1.29 is 5.11 Å². The quantitative estimate of drug-likeness (QED) is 0.784. The Morgan fingerprint density at radius 2 is 1.85 bits per heavy atom. The Morgan fingerprint density at radius 1 is 1.10 bits per heavy atom. The molecule has 0 aliphatic rings. The fourth-order valence-corrected chi connectivity index (χ4v) is 2.19. The van der Waals surface area contributed by atoms with Crippen LogP contribution in [-0.4, -0.2) is 24.2 Å². The molecule has 0 unspecified atom stereocenters. The standard InChI is InChI=1S/C15H16N4O/c1-18-9-7-16-13(18)11-19-10-8-17-15(19)14(20)12-5-3-2-4-6-12/h2-10,14,20H,11H2,1H3/t14-/m0/s1. The summed E-state index contributed by atoms with van der Waals surface area (Å²) in [5.74, 6) is 1.55. The van der Waals surface area contributed by atoms with Gasteiger partial charge in [0.15, 0.2) is 0 Å². The van der Waals surface area contributed by atoms with Gasteiger partial charge in [-0.3, -0.25) is 0 Å². The number of hydrogen-bond acceptors (Lipinski definition) is 3. The topological polar surface area (TPSA) is 55.9 Å². The van der Waals surface area contributed by atoms with E-state index in [4.69, 9.17) is 0 Å². The number of hydrogen-bond donors (Lipinski definition) is 1. The maximum absolute atomic E-state index is 10.4. The molecule has 5 nitrogen and oxygen atoms in total. The minimum Gasteiger partial charge on any atom is -0.380 e. The highest BCUT2D eigenvalue weighted by atomic mass is 16.3. The second kappa shape index (κ2) is 5.30. The molecule has 0 fully saturated rings. The molecule has 20 heavy (non-hydrogen) atoms. The maximum atomic E-state index is 10.4. The van der Waals surface area contributed by atoms with Crippen molar-refractivity contribution in [2.45, 2.75) is 12.6 Å². The summed E-state index contributed by atoms with van der Waals surface area (Å²) in [6.45, 7) is 0.586. The SMILES string of the molecule is Cn1ccnc1Cn1ccnc1[C@@H](O)c1ccccc1. The van der Waals surface area contributed by atoms with Gasteiger partial charge < -0.3 is 14.2 Å². The van der Waals surface area contributed by atoms with Gasteiger partial charge in [-0.15, -0.1) is 0 Å². The molecule has 0 amide bonds. The lowest BCUT2D eigenvalue weighted by Gasteiger charge is -2.13. The predicted molar refractivity (Wildman–Crippen MR) is 75.0 cm³/mol. The van der Waals surface area contributed by atoms with Crippen LogP contribution >= 0.6 is 0 Å². The van der Waals surface area contributed by atoms with E-state index < -0.39 is 6.10 Å². The Labute approximate surface area is 117 Å². The van der Waals surface area contributed by atoms with Crippen LogP contribution in [0.5, 0.6) is 0 Å². The van der Waals surface area contributed by atoms with Crippen molar-refractivity contribution in [3.05, 3.63) is 72.3 Å². The van der Waals surface area contributed by atoms with Gasteiger partial charge in [0.1, 0.15) is 17.8 Å². The van der Waals surface area contributed by atoms with Gasteiger partial charge in [-0.25, -0.2) is 9.97 Å². The van der Waals surface area contributed by atoms with Crippen LogP contribution in [0.3, 0.4) is 0 Å². The van der Waals surface area contributed by atoms with Gasteiger partial charge in [0.25, 0.3) is 0 Å². The van der Waals surface area contributed by atoms with Gasteiger partial charge >= 0.3 is 0 Å². The maximum Gasteiger partial charge on any atom is 0.142 e. The third-order valence-corrected chi connectivity index (χ3v) is 3.34. The number of aliphatic hydroxyl groups is 1. The average molecular weight is 268 g/mol. The van der Waals surface area contributed by atoms with Crippen molar-refractivity contribution in [1.29, 1.82) is 0 Å². The lowest BCUT2D eigenvalue weighted by Crippen LogP contribution is -2.12. The highest BCUT2D eigenvalue weighted by molar-refractivity contribution is 5.23. The van der Waals surface area contributed by atoms with Crippen molar-refractivity contribution in [3.63, 3.8) is 0 Å². The first kappa shape index (κ1) is 12.6. The molecule has 0 bridgehead atoms. The smallest absolute Gasteiger partial charge is 0.142 e. The zero-order chi connectivity index (χ0) is 13.9. The summed E-state index contributed by atoms with van der Waals surface area (Å²) in [6.07, 6.45) is 6.49. The summed E-state index contributed by atoms with van der Waals surface area (Å²) in [6, 6.07) is 9.53. The third kappa shape index (κ3) is 2.35. The van der Waals surface area contributed by atoms with E-state index in [9.17, 15) is 5.11 Å². The van der Waals surface area contributed by atoms with Gasteiger partial charge in [0, 0.05) is 31.8 Å². The Hall–Kier alpha value is -2.40. The average Bonchev–Trinajstić information content (AvgIpc) is 3.09. The van der Waals surface area contributed by atoms with Gasteiger partial charge in [-0.05, 0) is 5.56 Å². The second-order valence-corrected chi connectivity index (χ2v) is 4.68. The van der Waals surface area contributed by atoms with Crippen molar-refractivity contribution in [2.24, 2.45) is 7.05 Å². The van der Waals surface area contributed by atoms with Crippen LogP contribution < -0.4 is 0 Å². The van der Waals surface area contributed by atoms with Crippen LogP contribution in [0, 0.1) is 0 Å². The van der Waals surface area contributed by atoms with Crippen LogP contribution in [0.1, 0.15) is 23.3 Å². The number of nitrogens with zero attached hydrogens (tertiary/aromatic N) is 4. The molecule has 3 aromatic rings. The second-order valence-electron chi connectivity index (χ2n) is 4.68. The first-order valence-corrected chi connectivity index (χ1v) is 6.46. The molecule has 102 valence electrons. The fraction of sp³-hybridized carbons (Fsp3) is 0.200. The minimum atomic E-state index is -0.730. The Balaban J connectivity index is 1.89. The molecular weight excluding hydrogens is 252 g/mol. The first-order chi connectivity index (χ1) is 9.75. The molecule has 0 saturated carbocycles. The molecule has 1 aromatic carbocycles. The lowest BCUT2D eigenvalue weighted by molar-refractivity contribution is 0.205. The van der Waals surface area contributed by atoms with Crippen LogP contribution in [0.4, 0.5) is 0 Å². The zero-order valence-corrected chi connectivity index (χ0v) is 11.2. The van der Waals surface area contributed by atoms with Gasteiger partial charge in [0.05, 0.1) is 6.54 Å². The molecular formula is C15H16N4O. The van der Waals surface area contributed by atoms with Crippen molar-refractivity contribution in [2.75, 3.05) is 0 Å². The molecule has 0 saturated heterocycles. The Morgan fingerprint density at radius 3 is 2.55 bits per heavy atom. The van der Waals surface area contributed by atoms with E-state index in [1.807, 2.05) is 58.9 Å². The van der Waals surface area contributed by atoms with Gasteiger partial charge in [0.2, 0.25) is 0 Å². The molecule has 1 atom stereocenters. The molecule has 0 aliphatic heterocycles. The van der Waals surface area contributed by atoms with Crippen LogP contribution in [0.25, 0.3) is 0 Å². The Bertz CT molecular complexity index is 687. The van der Waals surface area contributed by atoms with E-state index in [1.165, 1.54) is 0 Å². The first-order valence-electron chi connectivity index (χ1n) is 6.46. The third-order valence-electron chi connectivity index (χ3n) is 3.34. The highest BCUT2D eigenvalue weighted by Gasteiger charge is 2.16. The zero-order valence-electron chi connectivity index (χ0n) is 11.2. The summed E-state index contributed by atoms with van der Waals surface area (Å²) in [5.41, 5.74) is 0.833. The number of aliphatic hydroxyl groups excluding tert-OH is 1. The number of imidazole rings is 2. The van der Waals surface area contributed by atoms with Gasteiger partial charge in [-0.2, -0.15) is 0 Å². The van der Waals surface area contributed by atoms with Crippen molar-refractivity contribution in [3.8, 4) is 0 Å².